The van der Waals surface area contributed by atoms with Crippen LogP contribution < -0.4 is 5.32 Å². The molecule has 5 heteroatoms. The summed E-state index contributed by atoms with van der Waals surface area (Å²) in [7, 11) is 2.86. The van der Waals surface area contributed by atoms with Crippen molar-refractivity contribution in [1.29, 1.82) is 5.41 Å². The molecule has 4 nitrogen and oxygen atoms in total. The van der Waals surface area contributed by atoms with Gasteiger partial charge >= 0.3 is 0 Å². The number of aliphatic hydroxyl groups excluding tert-OH is 1. The van der Waals surface area contributed by atoms with Crippen LogP contribution in [0.5, 0.6) is 0 Å². The Hall–Kier alpha value is -2.24. The molecular weight excluding hydrogens is 329 g/mol. The molecular formula is C21H34FN3O. The van der Waals surface area contributed by atoms with Crippen molar-refractivity contribution < 1.29 is 9.50 Å². The summed E-state index contributed by atoms with van der Waals surface area (Å²) < 4.78 is 12.1. The molecule has 0 aromatic heterocycles. The largest absolute Gasteiger partial charge is 0.400 e. The highest BCUT2D eigenvalue weighted by Crippen LogP contribution is 2.02. The van der Waals surface area contributed by atoms with Crippen molar-refractivity contribution in [2.75, 3.05) is 27.4 Å². The molecule has 0 radical (unpaired) electrons. The average molecular weight is 364 g/mol. The fourth-order valence-electron chi connectivity index (χ4n) is 1.53. The van der Waals surface area contributed by atoms with Crippen molar-refractivity contribution in [3.05, 3.63) is 71.0 Å². The minimum absolute atomic E-state index is 0.171. The Morgan fingerprint density at radius 1 is 1.00 bits per heavy atom. The number of aliphatic hydroxyl groups is 1. The maximum Gasteiger partial charge on any atom is 0.123 e. The quantitative estimate of drug-likeness (QED) is 0.435. The number of halogens is 1. The van der Waals surface area contributed by atoms with Gasteiger partial charge < -0.3 is 15.3 Å². The summed E-state index contributed by atoms with van der Waals surface area (Å²) in [6.45, 7) is 9.93. The normalized spacial score (nSPS) is 8.62. The molecule has 0 saturated heterocycles. The van der Waals surface area contributed by atoms with Gasteiger partial charge in [0.05, 0.1) is 13.0 Å². The molecule has 2 aromatic rings. The van der Waals surface area contributed by atoms with Crippen molar-refractivity contribution in [3.8, 4) is 0 Å². The lowest BCUT2D eigenvalue weighted by Crippen LogP contribution is -2.29. The average Bonchev–Trinajstić information content (AvgIpc) is 2.67. The fourth-order valence-corrected chi connectivity index (χ4v) is 1.53. The molecule has 2 aromatic carbocycles. The summed E-state index contributed by atoms with van der Waals surface area (Å²) in [5.41, 5.74) is 3.83. The number of nitrogens with zero attached hydrogens (tertiary/aromatic N) is 1. The Bertz CT molecular complexity index is 532. The summed E-state index contributed by atoms with van der Waals surface area (Å²) >= 11 is 0. The van der Waals surface area contributed by atoms with Gasteiger partial charge in [-0.1, -0.05) is 48.9 Å². The SMILES string of the molecule is CCNCN(C)C=N.CO.Cc1ccc(F)cc1.Cc1ccccc1C. The first-order valence-electron chi connectivity index (χ1n) is 8.51. The Morgan fingerprint density at radius 2 is 1.46 bits per heavy atom. The lowest BCUT2D eigenvalue weighted by Gasteiger charge is -2.10. The topological polar surface area (TPSA) is 59.4 Å². The van der Waals surface area contributed by atoms with Gasteiger partial charge in [-0.25, -0.2) is 4.39 Å². The van der Waals surface area contributed by atoms with E-state index in [9.17, 15) is 4.39 Å². The van der Waals surface area contributed by atoms with Gasteiger partial charge in [-0.05, 0) is 50.6 Å². The number of hydrogen-bond acceptors (Lipinski definition) is 3. The second-order valence-corrected chi connectivity index (χ2v) is 5.53. The number of hydrogen-bond donors (Lipinski definition) is 3. The van der Waals surface area contributed by atoms with Crippen LogP contribution in [0.3, 0.4) is 0 Å². The standard InChI is InChI=1S/C8H10.C7H7F.C5H13N3.CH4O/c1-7-5-3-4-6-8(7)2;1-6-2-4-7(8)5-3-6;1-3-7-5-8(2)4-6;1-2/h3-6H,1-2H3;2-5H,1H3;4,6-7H,3,5H2,1-2H3;2H,1H3. The maximum absolute atomic E-state index is 12.1. The predicted molar refractivity (Wildman–Crippen MR) is 110 cm³/mol. The zero-order valence-electron chi connectivity index (χ0n) is 16.9. The maximum atomic E-state index is 12.1. The highest BCUT2D eigenvalue weighted by Gasteiger charge is 1.85. The van der Waals surface area contributed by atoms with Gasteiger partial charge in [-0.15, -0.1) is 0 Å². The van der Waals surface area contributed by atoms with Gasteiger partial charge in [0.25, 0.3) is 0 Å². The lowest BCUT2D eigenvalue weighted by molar-refractivity contribution is 0.399. The van der Waals surface area contributed by atoms with E-state index in [0.717, 1.165) is 25.9 Å². The van der Waals surface area contributed by atoms with Crippen molar-refractivity contribution in [3.63, 3.8) is 0 Å². The number of rotatable bonds is 4. The number of nitrogens with one attached hydrogen (secondary N) is 2. The Morgan fingerprint density at radius 3 is 1.77 bits per heavy atom. The summed E-state index contributed by atoms with van der Waals surface area (Å²) in [5.74, 6) is -0.171. The molecule has 0 heterocycles. The molecule has 0 amide bonds. The van der Waals surface area contributed by atoms with Crippen molar-refractivity contribution in [2.45, 2.75) is 27.7 Å². The Labute approximate surface area is 158 Å². The smallest absolute Gasteiger partial charge is 0.123 e. The molecule has 0 aliphatic rings. The number of aryl methyl sites for hydroxylation is 3. The van der Waals surface area contributed by atoms with E-state index in [0.29, 0.717) is 0 Å². The molecule has 0 aliphatic heterocycles. The van der Waals surface area contributed by atoms with Crippen molar-refractivity contribution in [2.24, 2.45) is 0 Å². The van der Waals surface area contributed by atoms with Crippen molar-refractivity contribution >= 4 is 6.34 Å². The molecule has 0 saturated carbocycles. The first-order valence-corrected chi connectivity index (χ1v) is 8.51. The Balaban J connectivity index is 0. The summed E-state index contributed by atoms with van der Waals surface area (Å²) in [6, 6.07) is 14.8. The van der Waals surface area contributed by atoms with Crippen LogP contribution in [-0.4, -0.2) is 43.7 Å². The lowest BCUT2D eigenvalue weighted by atomic mass is 10.1. The minimum Gasteiger partial charge on any atom is -0.400 e. The first kappa shape index (κ1) is 26.0. The Kier molecular flexibility index (Phi) is 17.6. The fraction of sp³-hybridized carbons (Fsp3) is 0.381. The van der Waals surface area contributed by atoms with Gasteiger partial charge in [-0.3, -0.25) is 5.41 Å². The van der Waals surface area contributed by atoms with E-state index in [1.165, 1.54) is 29.6 Å². The third-order valence-electron chi connectivity index (χ3n) is 3.27. The van der Waals surface area contributed by atoms with Crippen molar-refractivity contribution in [1.82, 2.24) is 10.2 Å². The van der Waals surface area contributed by atoms with E-state index >= 15 is 0 Å². The zero-order valence-corrected chi connectivity index (χ0v) is 16.9. The van der Waals surface area contributed by atoms with Crippen LogP contribution in [0, 0.1) is 32.0 Å². The van der Waals surface area contributed by atoms with Crippen LogP contribution in [0.15, 0.2) is 48.5 Å². The molecule has 146 valence electrons. The molecule has 0 spiro atoms. The third kappa shape index (κ3) is 15.3. The van der Waals surface area contributed by atoms with E-state index in [4.69, 9.17) is 10.5 Å². The molecule has 0 fully saturated rings. The van der Waals surface area contributed by atoms with Gasteiger partial charge in [0.1, 0.15) is 5.82 Å². The van der Waals surface area contributed by atoms with Crippen LogP contribution in [0.1, 0.15) is 23.6 Å². The number of benzene rings is 2. The van der Waals surface area contributed by atoms with Gasteiger partial charge in [0.15, 0.2) is 0 Å². The molecule has 2 rings (SSSR count). The van der Waals surface area contributed by atoms with Crippen LogP contribution >= 0.6 is 0 Å². The summed E-state index contributed by atoms with van der Waals surface area (Å²) in [5, 5.41) is 16.8. The highest BCUT2D eigenvalue weighted by molar-refractivity contribution is 5.49. The highest BCUT2D eigenvalue weighted by atomic mass is 19.1. The molecule has 0 unspecified atom stereocenters. The van der Waals surface area contributed by atoms with E-state index in [-0.39, 0.29) is 5.82 Å². The van der Waals surface area contributed by atoms with E-state index in [1.807, 2.05) is 20.9 Å². The summed E-state index contributed by atoms with van der Waals surface area (Å²) in [6.07, 6.45) is 1.29. The minimum atomic E-state index is -0.171. The van der Waals surface area contributed by atoms with Gasteiger partial charge in [-0.2, -0.15) is 0 Å². The molecule has 0 bridgehead atoms. The van der Waals surface area contributed by atoms with Gasteiger partial charge in [0.2, 0.25) is 0 Å². The first-order chi connectivity index (χ1) is 12.4. The monoisotopic (exact) mass is 363 g/mol. The van der Waals surface area contributed by atoms with Crippen LogP contribution in [0.25, 0.3) is 0 Å². The predicted octanol–water partition coefficient (Wildman–Crippen LogP) is 4.14. The molecule has 3 N–H and O–H groups in total. The molecule has 26 heavy (non-hydrogen) atoms. The second kappa shape index (κ2) is 17.6. The third-order valence-corrected chi connectivity index (χ3v) is 3.27. The second-order valence-electron chi connectivity index (χ2n) is 5.53. The van der Waals surface area contributed by atoms with Crippen LogP contribution in [0.2, 0.25) is 0 Å². The molecule has 0 aliphatic carbocycles. The van der Waals surface area contributed by atoms with E-state index in [1.54, 1.807) is 17.0 Å². The zero-order chi connectivity index (χ0) is 20.4. The van der Waals surface area contributed by atoms with Crippen LogP contribution in [0.4, 0.5) is 4.39 Å². The summed E-state index contributed by atoms with van der Waals surface area (Å²) in [4.78, 5) is 1.77. The van der Waals surface area contributed by atoms with Gasteiger partial charge in [0, 0.05) is 14.2 Å². The van der Waals surface area contributed by atoms with E-state index in [2.05, 4.69) is 43.4 Å². The van der Waals surface area contributed by atoms with E-state index < -0.39 is 0 Å². The molecule has 0 atom stereocenters. The van der Waals surface area contributed by atoms with Crippen LogP contribution in [-0.2, 0) is 0 Å².